The van der Waals surface area contributed by atoms with E-state index in [9.17, 15) is 4.79 Å². The van der Waals surface area contributed by atoms with Crippen LogP contribution in [0, 0.1) is 6.92 Å². The van der Waals surface area contributed by atoms with Crippen LogP contribution >= 0.6 is 0 Å². The molecular weight excluding hydrogens is 208 g/mol. The molecule has 0 aromatic carbocycles. The number of aliphatic hydroxyl groups is 1. The van der Waals surface area contributed by atoms with Crippen LogP contribution in [0.2, 0.25) is 0 Å². The Balaban J connectivity index is 2.19. The maximum atomic E-state index is 11.6. The summed E-state index contributed by atoms with van der Waals surface area (Å²) in [5.74, 6) is -0.134. The predicted molar refractivity (Wildman–Crippen MR) is 60.2 cm³/mol. The minimum atomic E-state index is -0.369. The average molecular weight is 226 g/mol. The van der Waals surface area contributed by atoms with E-state index in [0.717, 1.165) is 5.69 Å². The summed E-state index contributed by atoms with van der Waals surface area (Å²) in [6.07, 6.45) is 1.14. The highest BCUT2D eigenvalue weighted by Crippen LogP contribution is 2.00. The van der Waals surface area contributed by atoms with E-state index in [0.29, 0.717) is 25.2 Å². The SMILES string of the molecule is Cc1[nH]ncc1C(=O)NCCNCC(C)O. The van der Waals surface area contributed by atoms with Gasteiger partial charge in [-0.15, -0.1) is 0 Å². The number of rotatable bonds is 6. The number of carbonyl (C=O) groups is 1. The predicted octanol–water partition coefficient (Wildman–Crippen LogP) is -0.582. The van der Waals surface area contributed by atoms with E-state index in [4.69, 9.17) is 5.11 Å². The Morgan fingerprint density at radius 3 is 2.94 bits per heavy atom. The summed E-state index contributed by atoms with van der Waals surface area (Å²) >= 11 is 0. The smallest absolute Gasteiger partial charge is 0.254 e. The number of amides is 1. The number of aromatic amines is 1. The molecule has 1 rings (SSSR count). The number of carbonyl (C=O) groups excluding carboxylic acids is 1. The molecule has 0 saturated heterocycles. The summed E-state index contributed by atoms with van der Waals surface area (Å²) < 4.78 is 0. The van der Waals surface area contributed by atoms with Crippen molar-refractivity contribution in [2.24, 2.45) is 0 Å². The molecule has 1 amide bonds. The molecule has 0 bridgehead atoms. The Kier molecular flexibility index (Phi) is 4.94. The molecule has 1 unspecified atom stereocenters. The Morgan fingerprint density at radius 2 is 2.38 bits per heavy atom. The zero-order valence-corrected chi connectivity index (χ0v) is 9.58. The average Bonchev–Trinajstić information content (AvgIpc) is 2.63. The van der Waals surface area contributed by atoms with Gasteiger partial charge in [0.2, 0.25) is 0 Å². The van der Waals surface area contributed by atoms with Crippen molar-refractivity contribution in [2.45, 2.75) is 20.0 Å². The van der Waals surface area contributed by atoms with Crippen LogP contribution in [-0.4, -0.2) is 46.9 Å². The van der Waals surface area contributed by atoms with Crippen molar-refractivity contribution in [1.82, 2.24) is 20.8 Å². The van der Waals surface area contributed by atoms with Crippen LogP contribution in [0.15, 0.2) is 6.20 Å². The molecule has 6 heteroatoms. The third-order valence-electron chi connectivity index (χ3n) is 2.10. The van der Waals surface area contributed by atoms with Crippen LogP contribution in [0.1, 0.15) is 23.0 Å². The van der Waals surface area contributed by atoms with E-state index in [1.165, 1.54) is 6.20 Å². The van der Waals surface area contributed by atoms with Crippen molar-refractivity contribution >= 4 is 5.91 Å². The largest absolute Gasteiger partial charge is 0.392 e. The molecule has 0 radical (unpaired) electrons. The van der Waals surface area contributed by atoms with Crippen molar-refractivity contribution < 1.29 is 9.90 Å². The lowest BCUT2D eigenvalue weighted by Crippen LogP contribution is -2.34. The molecule has 0 spiro atoms. The first-order valence-electron chi connectivity index (χ1n) is 5.28. The maximum absolute atomic E-state index is 11.6. The Morgan fingerprint density at radius 1 is 1.62 bits per heavy atom. The Bertz CT molecular complexity index is 335. The molecule has 0 saturated carbocycles. The van der Waals surface area contributed by atoms with Crippen LogP contribution < -0.4 is 10.6 Å². The van der Waals surface area contributed by atoms with Crippen molar-refractivity contribution in [2.75, 3.05) is 19.6 Å². The summed E-state index contributed by atoms with van der Waals surface area (Å²) in [5, 5.41) is 21.2. The van der Waals surface area contributed by atoms with E-state index in [1.807, 2.05) is 0 Å². The van der Waals surface area contributed by atoms with Crippen LogP contribution in [0.3, 0.4) is 0 Å². The molecule has 1 heterocycles. The third-order valence-corrected chi connectivity index (χ3v) is 2.10. The van der Waals surface area contributed by atoms with Crippen LogP contribution in [0.5, 0.6) is 0 Å². The summed E-state index contributed by atoms with van der Waals surface area (Å²) in [7, 11) is 0. The lowest BCUT2D eigenvalue weighted by molar-refractivity contribution is 0.0953. The fourth-order valence-electron chi connectivity index (χ4n) is 1.25. The quantitative estimate of drug-likeness (QED) is 0.488. The van der Waals surface area contributed by atoms with Crippen molar-refractivity contribution in [3.63, 3.8) is 0 Å². The number of aryl methyl sites for hydroxylation is 1. The molecule has 0 fully saturated rings. The van der Waals surface area contributed by atoms with E-state index >= 15 is 0 Å². The van der Waals surface area contributed by atoms with Gasteiger partial charge in [0.1, 0.15) is 0 Å². The van der Waals surface area contributed by atoms with E-state index in [1.54, 1.807) is 13.8 Å². The van der Waals surface area contributed by atoms with Crippen LogP contribution in [0.4, 0.5) is 0 Å². The van der Waals surface area contributed by atoms with Gasteiger partial charge in [0.05, 0.1) is 17.9 Å². The number of nitrogens with one attached hydrogen (secondary N) is 3. The van der Waals surface area contributed by atoms with Gasteiger partial charge in [0, 0.05) is 25.3 Å². The molecule has 0 aliphatic rings. The third kappa shape index (κ3) is 4.00. The molecular formula is C10H18N4O2. The second-order valence-corrected chi connectivity index (χ2v) is 3.72. The van der Waals surface area contributed by atoms with Gasteiger partial charge in [0.15, 0.2) is 0 Å². The summed E-state index contributed by atoms with van der Waals surface area (Å²) in [6, 6.07) is 0. The van der Waals surface area contributed by atoms with Gasteiger partial charge in [0.25, 0.3) is 5.91 Å². The maximum Gasteiger partial charge on any atom is 0.254 e. The highest BCUT2D eigenvalue weighted by atomic mass is 16.3. The van der Waals surface area contributed by atoms with E-state index in [2.05, 4.69) is 20.8 Å². The standard InChI is InChI=1S/C10H18N4O2/c1-7(15)5-11-3-4-12-10(16)9-6-13-14-8(9)2/h6-7,11,15H,3-5H2,1-2H3,(H,12,16)(H,13,14). The zero-order chi connectivity index (χ0) is 12.0. The number of hydrogen-bond acceptors (Lipinski definition) is 4. The highest BCUT2D eigenvalue weighted by Gasteiger charge is 2.09. The molecule has 1 aromatic rings. The summed E-state index contributed by atoms with van der Waals surface area (Å²) in [5.41, 5.74) is 1.32. The number of aliphatic hydroxyl groups excluding tert-OH is 1. The van der Waals surface area contributed by atoms with Crippen molar-refractivity contribution in [3.05, 3.63) is 17.5 Å². The fourth-order valence-corrected chi connectivity index (χ4v) is 1.25. The molecule has 1 aromatic heterocycles. The second-order valence-electron chi connectivity index (χ2n) is 3.72. The molecule has 4 N–H and O–H groups in total. The van der Waals surface area contributed by atoms with Gasteiger partial charge in [-0.3, -0.25) is 9.89 Å². The highest BCUT2D eigenvalue weighted by molar-refractivity contribution is 5.94. The first-order chi connectivity index (χ1) is 7.61. The lowest BCUT2D eigenvalue weighted by Gasteiger charge is -2.07. The molecule has 0 aliphatic heterocycles. The van der Waals surface area contributed by atoms with Crippen molar-refractivity contribution in [1.29, 1.82) is 0 Å². The fraction of sp³-hybridized carbons (Fsp3) is 0.600. The zero-order valence-electron chi connectivity index (χ0n) is 9.58. The molecule has 6 nitrogen and oxygen atoms in total. The number of aromatic nitrogens is 2. The van der Waals surface area contributed by atoms with E-state index < -0.39 is 0 Å². The second kappa shape index (κ2) is 6.24. The number of nitrogens with zero attached hydrogens (tertiary/aromatic N) is 1. The van der Waals surface area contributed by atoms with Crippen LogP contribution in [-0.2, 0) is 0 Å². The van der Waals surface area contributed by atoms with Crippen molar-refractivity contribution in [3.8, 4) is 0 Å². The van der Waals surface area contributed by atoms with Gasteiger partial charge < -0.3 is 15.7 Å². The van der Waals surface area contributed by atoms with E-state index in [-0.39, 0.29) is 12.0 Å². The first kappa shape index (κ1) is 12.7. The normalized spacial score (nSPS) is 12.4. The molecule has 16 heavy (non-hydrogen) atoms. The topological polar surface area (TPSA) is 90.0 Å². The minimum Gasteiger partial charge on any atom is -0.392 e. The molecule has 1 atom stereocenters. The molecule has 90 valence electrons. The van der Waals surface area contributed by atoms with Gasteiger partial charge >= 0.3 is 0 Å². The van der Waals surface area contributed by atoms with Gasteiger partial charge in [-0.05, 0) is 13.8 Å². The number of H-pyrrole nitrogens is 1. The number of hydrogen-bond donors (Lipinski definition) is 4. The first-order valence-corrected chi connectivity index (χ1v) is 5.28. The lowest BCUT2D eigenvalue weighted by atomic mass is 10.2. The molecule has 0 aliphatic carbocycles. The summed E-state index contributed by atoms with van der Waals surface area (Å²) in [6.45, 7) is 5.19. The van der Waals surface area contributed by atoms with Crippen LogP contribution in [0.25, 0.3) is 0 Å². The van der Waals surface area contributed by atoms with Gasteiger partial charge in [-0.1, -0.05) is 0 Å². The Labute approximate surface area is 94.4 Å². The van der Waals surface area contributed by atoms with Gasteiger partial charge in [-0.25, -0.2) is 0 Å². The summed E-state index contributed by atoms with van der Waals surface area (Å²) in [4.78, 5) is 11.6. The monoisotopic (exact) mass is 226 g/mol. The van der Waals surface area contributed by atoms with Gasteiger partial charge in [-0.2, -0.15) is 5.10 Å². The minimum absolute atomic E-state index is 0.134. The Hall–Kier alpha value is -1.40.